The molecule has 0 spiro atoms. The van der Waals surface area contributed by atoms with E-state index in [4.69, 9.17) is 4.98 Å². The van der Waals surface area contributed by atoms with E-state index in [1.54, 1.807) is 28.9 Å². The number of amides is 1. The molecule has 2 aromatic carbocycles. The molecule has 0 saturated carbocycles. The maximum absolute atomic E-state index is 14.4. The predicted octanol–water partition coefficient (Wildman–Crippen LogP) is 5.34. The number of imidazole rings is 1. The van der Waals surface area contributed by atoms with Crippen LogP contribution in [0.2, 0.25) is 0 Å². The highest BCUT2D eigenvalue weighted by Gasteiger charge is 2.20. The lowest BCUT2D eigenvalue weighted by molar-refractivity contribution is 0.103. The molecule has 5 rings (SSSR count). The number of aromatic nitrogens is 4. The molecule has 160 valence electrons. The molecule has 3 aromatic heterocycles. The summed E-state index contributed by atoms with van der Waals surface area (Å²) in [5.74, 6) is 0.513. The highest BCUT2D eigenvalue weighted by atomic mass is 32.1. The van der Waals surface area contributed by atoms with Gasteiger partial charge in [0.15, 0.2) is 0 Å². The molecule has 0 aliphatic carbocycles. The second-order valence-electron chi connectivity index (χ2n) is 7.53. The van der Waals surface area contributed by atoms with E-state index < -0.39 is 0 Å². The Morgan fingerprint density at radius 3 is 2.62 bits per heavy atom. The molecule has 0 aliphatic rings. The molecule has 1 N–H and O–H groups in total. The van der Waals surface area contributed by atoms with Crippen LogP contribution in [0, 0.1) is 19.7 Å². The lowest BCUT2D eigenvalue weighted by Crippen LogP contribution is -2.17. The number of halogens is 1. The summed E-state index contributed by atoms with van der Waals surface area (Å²) in [6.07, 6.45) is 0. The van der Waals surface area contributed by atoms with Gasteiger partial charge in [0.25, 0.3) is 5.91 Å². The highest BCUT2D eigenvalue weighted by molar-refractivity contribution is 7.14. The number of aryl methyl sites for hydroxylation is 2. The molecule has 0 unspecified atom stereocenters. The number of para-hydroxylation sites is 2. The summed E-state index contributed by atoms with van der Waals surface area (Å²) < 4.78 is 18.0. The zero-order valence-corrected chi connectivity index (χ0v) is 18.4. The third kappa shape index (κ3) is 3.69. The van der Waals surface area contributed by atoms with Crippen LogP contribution in [0.3, 0.4) is 0 Å². The van der Waals surface area contributed by atoms with Crippen molar-refractivity contribution in [3.63, 3.8) is 0 Å². The zero-order chi connectivity index (χ0) is 22.2. The summed E-state index contributed by atoms with van der Waals surface area (Å²) in [6, 6.07) is 19.9. The van der Waals surface area contributed by atoms with Crippen molar-refractivity contribution in [2.75, 3.05) is 5.32 Å². The van der Waals surface area contributed by atoms with Gasteiger partial charge in [0.05, 0.1) is 28.1 Å². The minimum atomic E-state index is -0.283. The van der Waals surface area contributed by atoms with E-state index in [-0.39, 0.29) is 18.3 Å². The van der Waals surface area contributed by atoms with Gasteiger partial charge in [0, 0.05) is 16.5 Å². The number of thiophene rings is 1. The minimum absolute atomic E-state index is 0.207. The van der Waals surface area contributed by atoms with E-state index >= 15 is 0 Å². The lowest BCUT2D eigenvalue weighted by Gasteiger charge is -2.12. The molecular formula is C24H20FN5OS. The van der Waals surface area contributed by atoms with Crippen molar-refractivity contribution in [1.29, 1.82) is 0 Å². The number of fused-ring (bicyclic) bond motifs is 1. The Bertz CT molecular complexity index is 1450. The first kappa shape index (κ1) is 20.1. The van der Waals surface area contributed by atoms with E-state index in [1.807, 2.05) is 54.8 Å². The number of nitrogens with zero attached hydrogens (tertiary/aromatic N) is 4. The van der Waals surface area contributed by atoms with Crippen LogP contribution < -0.4 is 5.32 Å². The quantitative estimate of drug-likeness (QED) is 0.397. The molecule has 6 nitrogen and oxygen atoms in total. The van der Waals surface area contributed by atoms with Gasteiger partial charge in [-0.05, 0) is 44.2 Å². The number of hydrogen-bond donors (Lipinski definition) is 1. The Labute approximate surface area is 188 Å². The monoisotopic (exact) mass is 445 g/mol. The number of carbonyl (C=O) groups is 1. The number of nitrogens with one attached hydrogen (secondary N) is 1. The van der Waals surface area contributed by atoms with Crippen molar-refractivity contribution in [2.45, 2.75) is 20.4 Å². The molecule has 5 aromatic rings. The fourth-order valence-electron chi connectivity index (χ4n) is 3.65. The van der Waals surface area contributed by atoms with Gasteiger partial charge in [-0.2, -0.15) is 9.78 Å². The van der Waals surface area contributed by atoms with Crippen LogP contribution >= 0.6 is 11.3 Å². The molecule has 3 heterocycles. The molecule has 0 bridgehead atoms. The molecule has 1 amide bonds. The van der Waals surface area contributed by atoms with Gasteiger partial charge in [-0.15, -0.1) is 11.3 Å². The summed E-state index contributed by atoms with van der Waals surface area (Å²) in [5.41, 5.74) is 2.89. The molecule has 0 radical (unpaired) electrons. The fraction of sp³-hybridized carbons (Fsp3) is 0.125. The summed E-state index contributed by atoms with van der Waals surface area (Å²) in [7, 11) is 0. The van der Waals surface area contributed by atoms with E-state index in [0.29, 0.717) is 22.2 Å². The van der Waals surface area contributed by atoms with Crippen LogP contribution in [0.1, 0.15) is 25.8 Å². The maximum Gasteiger partial charge on any atom is 0.266 e. The number of hydrogen-bond acceptors (Lipinski definition) is 4. The second-order valence-corrected chi connectivity index (χ2v) is 8.81. The predicted molar refractivity (Wildman–Crippen MR) is 124 cm³/mol. The molecular weight excluding hydrogens is 425 g/mol. The average Bonchev–Trinajstić information content (AvgIpc) is 3.47. The third-order valence-corrected chi connectivity index (χ3v) is 6.15. The lowest BCUT2D eigenvalue weighted by atomic mass is 10.2. The van der Waals surface area contributed by atoms with Gasteiger partial charge in [-0.3, -0.25) is 4.79 Å². The summed E-state index contributed by atoms with van der Waals surface area (Å²) in [4.78, 5) is 19.2. The van der Waals surface area contributed by atoms with Crippen LogP contribution in [0.15, 0.2) is 66.7 Å². The average molecular weight is 446 g/mol. The van der Waals surface area contributed by atoms with Gasteiger partial charge in [0.1, 0.15) is 11.6 Å². The first-order chi connectivity index (χ1) is 15.5. The van der Waals surface area contributed by atoms with Crippen LogP contribution in [-0.2, 0) is 6.54 Å². The van der Waals surface area contributed by atoms with E-state index in [9.17, 15) is 9.18 Å². The van der Waals surface area contributed by atoms with Crippen LogP contribution in [0.5, 0.6) is 0 Å². The first-order valence-corrected chi connectivity index (χ1v) is 10.9. The third-order valence-electron chi connectivity index (χ3n) is 5.15. The van der Waals surface area contributed by atoms with Crippen LogP contribution in [-0.4, -0.2) is 25.2 Å². The zero-order valence-electron chi connectivity index (χ0n) is 17.5. The van der Waals surface area contributed by atoms with E-state index in [2.05, 4.69) is 10.4 Å². The maximum atomic E-state index is 14.4. The normalized spacial score (nSPS) is 11.2. The van der Waals surface area contributed by atoms with Crippen molar-refractivity contribution in [2.24, 2.45) is 0 Å². The highest BCUT2D eigenvalue weighted by Crippen LogP contribution is 2.25. The van der Waals surface area contributed by atoms with Crippen molar-refractivity contribution < 1.29 is 9.18 Å². The standard InChI is InChI=1S/C24H20FN5OS/c1-15-13-22(27-23(31)21-12-11-16(2)32-21)30(28-15)24-26-19-9-5-6-10-20(19)29(24)14-17-7-3-4-8-18(17)25/h3-13H,14H2,1-2H3,(H,27,31). The van der Waals surface area contributed by atoms with E-state index in [1.165, 1.54) is 17.4 Å². The van der Waals surface area contributed by atoms with Gasteiger partial charge in [0.2, 0.25) is 5.95 Å². The second kappa shape index (κ2) is 8.05. The number of rotatable bonds is 5. The smallest absolute Gasteiger partial charge is 0.266 e. The van der Waals surface area contributed by atoms with Crippen molar-refractivity contribution in [3.05, 3.63) is 93.6 Å². The number of anilines is 1. The Morgan fingerprint density at radius 2 is 1.84 bits per heavy atom. The van der Waals surface area contributed by atoms with Crippen LogP contribution in [0.25, 0.3) is 17.0 Å². The summed E-state index contributed by atoms with van der Waals surface area (Å²) in [5, 5.41) is 7.53. The van der Waals surface area contributed by atoms with Gasteiger partial charge >= 0.3 is 0 Å². The van der Waals surface area contributed by atoms with Gasteiger partial charge < -0.3 is 9.88 Å². The molecule has 0 atom stereocenters. The molecule has 0 fully saturated rings. The van der Waals surface area contributed by atoms with Crippen molar-refractivity contribution >= 4 is 34.1 Å². The Kier molecular flexibility index (Phi) is 5.07. The van der Waals surface area contributed by atoms with Gasteiger partial charge in [-0.25, -0.2) is 9.37 Å². The number of carbonyl (C=O) groups excluding carboxylic acids is 1. The SMILES string of the molecule is Cc1cc(NC(=O)c2ccc(C)s2)n(-c2nc3ccccc3n2Cc2ccccc2F)n1. The van der Waals surface area contributed by atoms with Crippen molar-refractivity contribution in [3.8, 4) is 5.95 Å². The topological polar surface area (TPSA) is 64.7 Å². The molecule has 32 heavy (non-hydrogen) atoms. The van der Waals surface area contributed by atoms with E-state index in [0.717, 1.165) is 21.6 Å². The Balaban J connectivity index is 1.61. The molecule has 8 heteroatoms. The van der Waals surface area contributed by atoms with Crippen molar-refractivity contribution in [1.82, 2.24) is 19.3 Å². The number of benzene rings is 2. The Morgan fingerprint density at radius 1 is 1.06 bits per heavy atom. The first-order valence-electron chi connectivity index (χ1n) is 10.1. The minimum Gasteiger partial charge on any atom is -0.306 e. The molecule has 0 saturated heterocycles. The summed E-state index contributed by atoms with van der Waals surface area (Å²) in [6.45, 7) is 4.09. The van der Waals surface area contributed by atoms with Gasteiger partial charge in [-0.1, -0.05) is 30.3 Å². The molecule has 0 aliphatic heterocycles. The Hall–Kier alpha value is -3.78. The fourth-order valence-corrected chi connectivity index (χ4v) is 4.42. The van der Waals surface area contributed by atoms with Crippen LogP contribution in [0.4, 0.5) is 10.2 Å². The largest absolute Gasteiger partial charge is 0.306 e. The summed E-state index contributed by atoms with van der Waals surface area (Å²) >= 11 is 1.43.